The predicted octanol–water partition coefficient (Wildman–Crippen LogP) is 3.60. The van der Waals surface area contributed by atoms with Gasteiger partial charge in [0.1, 0.15) is 5.75 Å². The monoisotopic (exact) mass is 353 g/mol. The smallest absolute Gasteiger partial charge is 0.411 e. The third kappa shape index (κ3) is 3.83. The third-order valence-electron chi connectivity index (χ3n) is 2.32. The number of nitrogens with one attached hydrogen (secondary N) is 1. The highest BCUT2D eigenvalue weighted by molar-refractivity contribution is 7.98. The molecule has 11 heteroatoms. The van der Waals surface area contributed by atoms with Gasteiger partial charge >= 0.3 is 12.4 Å². The first kappa shape index (κ1) is 16.4. The van der Waals surface area contributed by atoms with Gasteiger partial charge in [0, 0.05) is 0 Å². The van der Waals surface area contributed by atoms with Gasteiger partial charge in [0.05, 0.1) is 15.5 Å². The molecule has 2 aromatic rings. The van der Waals surface area contributed by atoms with Gasteiger partial charge in [0.15, 0.2) is 0 Å². The fourth-order valence-corrected chi connectivity index (χ4v) is 2.57. The zero-order valence-electron chi connectivity index (χ0n) is 10.8. The van der Waals surface area contributed by atoms with E-state index in [1.54, 1.807) is 0 Å². The Kier molecular flexibility index (Phi) is 4.81. The molecule has 1 aromatic carbocycles. The number of anilines is 1. The Morgan fingerprint density at radius 3 is 2.73 bits per heavy atom. The number of carbonyl (C=O) groups excluding carboxylic acids is 1. The Balaban J connectivity index is 2.32. The standard InChI is InChI=1S/C11H7ClF3N3O3S/c1-22-8-6(21-11(13,14)15)3-2-5(7(8)12)9(19)17-10-18-16-4-20-10/h2-4H,1H3,(H,17,18,19). The topological polar surface area (TPSA) is 77.2 Å². The summed E-state index contributed by atoms with van der Waals surface area (Å²) in [5.41, 5.74) is -0.0567. The molecule has 0 atom stereocenters. The minimum Gasteiger partial charge on any atom is -0.411 e. The summed E-state index contributed by atoms with van der Waals surface area (Å²) in [6, 6.07) is 1.95. The van der Waals surface area contributed by atoms with Crippen LogP contribution in [0.5, 0.6) is 5.75 Å². The molecule has 2 rings (SSSR count). The molecule has 1 heterocycles. The molecule has 1 N–H and O–H groups in total. The van der Waals surface area contributed by atoms with Gasteiger partial charge in [-0.2, -0.15) is 0 Å². The predicted molar refractivity (Wildman–Crippen MR) is 72.2 cm³/mol. The molecule has 1 amide bonds. The summed E-state index contributed by atoms with van der Waals surface area (Å²) >= 11 is 6.90. The average molecular weight is 354 g/mol. The first-order valence-electron chi connectivity index (χ1n) is 5.51. The molecule has 0 fully saturated rings. The lowest BCUT2D eigenvalue weighted by Gasteiger charge is -2.14. The van der Waals surface area contributed by atoms with Crippen LogP contribution in [0.25, 0.3) is 0 Å². The quantitative estimate of drug-likeness (QED) is 0.846. The zero-order chi connectivity index (χ0) is 16.3. The second kappa shape index (κ2) is 6.44. The Bertz CT molecular complexity index is 679. The van der Waals surface area contributed by atoms with E-state index in [0.717, 1.165) is 30.3 Å². The van der Waals surface area contributed by atoms with E-state index in [1.807, 2.05) is 0 Å². The fourth-order valence-electron chi connectivity index (χ4n) is 1.50. The van der Waals surface area contributed by atoms with Crippen molar-refractivity contribution in [2.45, 2.75) is 11.3 Å². The number of amides is 1. The maximum atomic E-state index is 12.3. The van der Waals surface area contributed by atoms with E-state index in [2.05, 4.69) is 20.3 Å². The van der Waals surface area contributed by atoms with Gasteiger partial charge < -0.3 is 9.15 Å². The maximum absolute atomic E-state index is 12.3. The van der Waals surface area contributed by atoms with Crippen molar-refractivity contribution in [2.24, 2.45) is 0 Å². The first-order valence-corrected chi connectivity index (χ1v) is 7.12. The van der Waals surface area contributed by atoms with E-state index < -0.39 is 18.0 Å². The highest BCUT2D eigenvalue weighted by Gasteiger charge is 2.33. The van der Waals surface area contributed by atoms with Crippen LogP contribution in [0.1, 0.15) is 10.4 Å². The van der Waals surface area contributed by atoms with Crippen LogP contribution in [0.3, 0.4) is 0 Å². The van der Waals surface area contributed by atoms with Crippen molar-refractivity contribution in [1.29, 1.82) is 0 Å². The Morgan fingerprint density at radius 2 is 2.18 bits per heavy atom. The first-order chi connectivity index (χ1) is 10.3. The largest absolute Gasteiger partial charge is 0.573 e. The van der Waals surface area contributed by atoms with Crippen LogP contribution in [0, 0.1) is 0 Å². The molecule has 0 aliphatic heterocycles. The number of hydrogen-bond acceptors (Lipinski definition) is 6. The second-order valence-corrected chi connectivity index (χ2v) is 4.90. The molecule has 0 saturated heterocycles. The number of alkyl halides is 3. The fraction of sp³-hybridized carbons (Fsp3) is 0.182. The summed E-state index contributed by atoms with van der Waals surface area (Å²) in [5, 5.41) is 8.90. The molecule has 118 valence electrons. The number of ether oxygens (including phenoxy) is 1. The van der Waals surface area contributed by atoms with Crippen LogP contribution >= 0.6 is 23.4 Å². The Hall–Kier alpha value is -1.94. The molecule has 1 aromatic heterocycles. The minimum atomic E-state index is -4.86. The third-order valence-corrected chi connectivity index (χ3v) is 3.63. The van der Waals surface area contributed by atoms with Crippen LogP contribution in [0.2, 0.25) is 5.02 Å². The number of rotatable bonds is 4. The molecular formula is C11H7ClF3N3O3S. The van der Waals surface area contributed by atoms with Crippen LogP contribution in [-0.4, -0.2) is 28.7 Å². The van der Waals surface area contributed by atoms with E-state index >= 15 is 0 Å². The average Bonchev–Trinajstić information content (AvgIpc) is 2.90. The van der Waals surface area contributed by atoms with Crippen LogP contribution in [0.15, 0.2) is 27.8 Å². The van der Waals surface area contributed by atoms with Crippen molar-refractivity contribution in [2.75, 3.05) is 11.6 Å². The zero-order valence-corrected chi connectivity index (χ0v) is 12.3. The Morgan fingerprint density at radius 1 is 1.45 bits per heavy atom. The van der Waals surface area contributed by atoms with Crippen LogP contribution < -0.4 is 10.1 Å². The lowest BCUT2D eigenvalue weighted by atomic mass is 10.2. The lowest BCUT2D eigenvalue weighted by Crippen LogP contribution is -2.18. The van der Waals surface area contributed by atoms with Crippen molar-refractivity contribution < 1.29 is 27.1 Å². The highest BCUT2D eigenvalue weighted by Crippen LogP contribution is 2.39. The number of hydrogen-bond donors (Lipinski definition) is 1. The molecule has 0 unspecified atom stereocenters. The van der Waals surface area contributed by atoms with Crippen molar-refractivity contribution >= 4 is 35.3 Å². The molecule has 0 spiro atoms. The maximum Gasteiger partial charge on any atom is 0.573 e. The summed E-state index contributed by atoms with van der Waals surface area (Å²) in [5.74, 6) is -1.19. The van der Waals surface area contributed by atoms with Gasteiger partial charge in [-0.3, -0.25) is 10.1 Å². The van der Waals surface area contributed by atoms with Gasteiger partial charge in [0.25, 0.3) is 5.91 Å². The van der Waals surface area contributed by atoms with E-state index in [0.29, 0.717) is 0 Å². The highest BCUT2D eigenvalue weighted by atomic mass is 35.5. The van der Waals surface area contributed by atoms with E-state index in [-0.39, 0.29) is 21.5 Å². The number of halogens is 4. The normalized spacial score (nSPS) is 11.3. The summed E-state index contributed by atoms with van der Waals surface area (Å²) in [7, 11) is 0. The van der Waals surface area contributed by atoms with Gasteiger partial charge in [-0.1, -0.05) is 16.7 Å². The van der Waals surface area contributed by atoms with Gasteiger partial charge in [-0.05, 0) is 18.4 Å². The molecule has 0 aliphatic rings. The molecular weight excluding hydrogens is 347 g/mol. The van der Waals surface area contributed by atoms with Crippen molar-refractivity contribution in [3.8, 4) is 5.75 Å². The van der Waals surface area contributed by atoms with Crippen molar-refractivity contribution in [3.05, 3.63) is 29.1 Å². The summed E-state index contributed by atoms with van der Waals surface area (Å²) < 4.78 is 45.6. The second-order valence-electron chi connectivity index (χ2n) is 3.70. The number of nitrogens with zero attached hydrogens (tertiary/aromatic N) is 2. The van der Waals surface area contributed by atoms with Crippen molar-refractivity contribution in [3.63, 3.8) is 0 Å². The molecule has 0 bridgehead atoms. The SMILES string of the molecule is CSc1c(OC(F)(F)F)ccc(C(=O)Nc2nnco2)c1Cl. The van der Waals surface area contributed by atoms with Crippen molar-refractivity contribution in [1.82, 2.24) is 10.2 Å². The number of thioether (sulfide) groups is 1. The van der Waals surface area contributed by atoms with Gasteiger partial charge in [0.2, 0.25) is 6.39 Å². The van der Waals surface area contributed by atoms with E-state index in [9.17, 15) is 18.0 Å². The molecule has 0 aliphatic carbocycles. The molecule has 0 saturated carbocycles. The van der Waals surface area contributed by atoms with E-state index in [1.165, 1.54) is 6.26 Å². The Labute approximate surface area is 131 Å². The molecule has 22 heavy (non-hydrogen) atoms. The molecule has 0 radical (unpaired) electrons. The van der Waals surface area contributed by atoms with Gasteiger partial charge in [-0.25, -0.2) is 0 Å². The summed E-state index contributed by atoms with van der Waals surface area (Å²) in [6.07, 6.45) is -2.35. The summed E-state index contributed by atoms with van der Waals surface area (Å²) in [6.45, 7) is 0. The van der Waals surface area contributed by atoms with Crippen LogP contribution in [0.4, 0.5) is 19.2 Å². The van der Waals surface area contributed by atoms with Crippen LogP contribution in [-0.2, 0) is 0 Å². The number of carbonyl (C=O) groups is 1. The minimum absolute atomic E-state index is 0.0165. The molecule has 6 nitrogen and oxygen atoms in total. The summed E-state index contributed by atoms with van der Waals surface area (Å²) in [4.78, 5) is 12.0. The van der Waals surface area contributed by atoms with Gasteiger partial charge in [-0.15, -0.1) is 30.0 Å². The van der Waals surface area contributed by atoms with E-state index in [4.69, 9.17) is 16.0 Å². The number of aromatic nitrogens is 2. The lowest BCUT2D eigenvalue weighted by molar-refractivity contribution is -0.275. The number of benzene rings is 1.